The van der Waals surface area contributed by atoms with E-state index in [4.69, 9.17) is 9.47 Å². The molecule has 0 aromatic heterocycles. The lowest BCUT2D eigenvalue weighted by molar-refractivity contribution is -0.384. The van der Waals surface area contributed by atoms with Crippen molar-refractivity contribution in [3.8, 4) is 11.5 Å². The monoisotopic (exact) mass is 345 g/mol. The third kappa shape index (κ3) is 4.60. The summed E-state index contributed by atoms with van der Waals surface area (Å²) in [4.78, 5) is 24.0. The van der Waals surface area contributed by atoms with Crippen LogP contribution in [-0.4, -0.2) is 37.1 Å². The van der Waals surface area contributed by atoms with Gasteiger partial charge in [0, 0.05) is 31.4 Å². The Balaban J connectivity index is 2.05. The summed E-state index contributed by atoms with van der Waals surface area (Å²) >= 11 is 0. The number of methoxy groups -OCH3 is 2. The van der Waals surface area contributed by atoms with Crippen LogP contribution in [0, 0.1) is 10.1 Å². The maximum Gasteiger partial charge on any atom is 0.321 e. The average molecular weight is 345 g/mol. The number of benzene rings is 2. The minimum absolute atomic E-state index is 0.0830. The Hall–Kier alpha value is -3.29. The number of hydrogen-bond acceptors (Lipinski definition) is 5. The van der Waals surface area contributed by atoms with Crippen molar-refractivity contribution in [2.75, 3.05) is 26.6 Å². The van der Waals surface area contributed by atoms with Gasteiger partial charge in [0.05, 0.1) is 19.1 Å². The standard InChI is InChI=1S/C17H19N3O5/c1-19(11-12-7-8-15(24-2)16(9-12)25-3)17(21)18-13-5-4-6-14(10-13)20(22)23/h4-10H,11H2,1-3H3,(H,18,21). The summed E-state index contributed by atoms with van der Waals surface area (Å²) in [6, 6.07) is 10.8. The fourth-order valence-corrected chi connectivity index (χ4v) is 2.24. The zero-order valence-corrected chi connectivity index (χ0v) is 14.2. The van der Waals surface area contributed by atoms with Crippen LogP contribution in [-0.2, 0) is 6.54 Å². The van der Waals surface area contributed by atoms with E-state index >= 15 is 0 Å². The second-order valence-electron chi connectivity index (χ2n) is 5.28. The quantitative estimate of drug-likeness (QED) is 0.640. The highest BCUT2D eigenvalue weighted by molar-refractivity contribution is 5.89. The minimum Gasteiger partial charge on any atom is -0.493 e. The molecule has 132 valence electrons. The number of nitrogens with one attached hydrogen (secondary N) is 1. The van der Waals surface area contributed by atoms with E-state index in [1.807, 2.05) is 6.07 Å². The molecule has 0 aliphatic carbocycles. The molecule has 0 fully saturated rings. The lowest BCUT2D eigenvalue weighted by Gasteiger charge is -2.19. The van der Waals surface area contributed by atoms with Crippen molar-refractivity contribution >= 4 is 17.4 Å². The van der Waals surface area contributed by atoms with E-state index in [0.29, 0.717) is 23.7 Å². The van der Waals surface area contributed by atoms with Gasteiger partial charge < -0.3 is 19.7 Å². The molecule has 0 heterocycles. The van der Waals surface area contributed by atoms with Gasteiger partial charge in [-0.25, -0.2) is 4.79 Å². The lowest BCUT2D eigenvalue weighted by atomic mass is 10.2. The maximum absolute atomic E-state index is 12.3. The molecule has 0 spiro atoms. The van der Waals surface area contributed by atoms with Crippen molar-refractivity contribution in [3.63, 3.8) is 0 Å². The molecule has 0 atom stereocenters. The van der Waals surface area contributed by atoms with Crippen molar-refractivity contribution in [2.24, 2.45) is 0 Å². The lowest BCUT2D eigenvalue weighted by Crippen LogP contribution is -2.30. The Labute approximate surface area is 145 Å². The van der Waals surface area contributed by atoms with Crippen molar-refractivity contribution < 1.29 is 19.2 Å². The molecule has 2 amide bonds. The number of nitrogens with zero attached hydrogens (tertiary/aromatic N) is 2. The first-order valence-corrected chi connectivity index (χ1v) is 7.42. The number of non-ortho nitro benzene ring substituents is 1. The number of urea groups is 1. The molecule has 2 aromatic rings. The molecule has 0 radical (unpaired) electrons. The van der Waals surface area contributed by atoms with Crippen LogP contribution in [0.1, 0.15) is 5.56 Å². The first-order valence-electron chi connectivity index (χ1n) is 7.42. The summed E-state index contributed by atoms with van der Waals surface area (Å²) in [6.45, 7) is 0.334. The molecule has 25 heavy (non-hydrogen) atoms. The second kappa shape index (κ2) is 8.00. The Bertz CT molecular complexity index is 779. The topological polar surface area (TPSA) is 93.9 Å². The number of carbonyl (C=O) groups is 1. The van der Waals surface area contributed by atoms with Crippen molar-refractivity contribution in [1.29, 1.82) is 0 Å². The van der Waals surface area contributed by atoms with Gasteiger partial charge in [-0.1, -0.05) is 12.1 Å². The first kappa shape index (κ1) is 18.1. The second-order valence-corrected chi connectivity index (χ2v) is 5.28. The largest absolute Gasteiger partial charge is 0.493 e. The molecule has 0 saturated carbocycles. The third-order valence-electron chi connectivity index (χ3n) is 3.52. The number of anilines is 1. The number of nitro benzene ring substituents is 1. The average Bonchev–Trinajstić information content (AvgIpc) is 2.61. The van der Waals surface area contributed by atoms with E-state index in [1.54, 1.807) is 39.5 Å². The number of hydrogen-bond donors (Lipinski definition) is 1. The van der Waals surface area contributed by atoms with Gasteiger partial charge in [-0.2, -0.15) is 0 Å². The molecular formula is C17H19N3O5. The van der Waals surface area contributed by atoms with E-state index in [2.05, 4.69) is 5.32 Å². The van der Waals surface area contributed by atoms with Gasteiger partial charge in [0.2, 0.25) is 0 Å². The van der Waals surface area contributed by atoms with E-state index in [0.717, 1.165) is 5.56 Å². The van der Waals surface area contributed by atoms with Crippen LogP contribution in [0.15, 0.2) is 42.5 Å². The summed E-state index contributed by atoms with van der Waals surface area (Å²) in [5.74, 6) is 1.18. The highest BCUT2D eigenvalue weighted by Gasteiger charge is 2.13. The Kier molecular flexibility index (Phi) is 5.78. The predicted octanol–water partition coefficient (Wildman–Crippen LogP) is 3.28. The molecular weight excluding hydrogens is 326 g/mol. The highest BCUT2D eigenvalue weighted by Crippen LogP contribution is 2.28. The summed E-state index contributed by atoms with van der Waals surface area (Å²) in [5, 5.41) is 13.4. The normalized spacial score (nSPS) is 10.0. The van der Waals surface area contributed by atoms with Gasteiger partial charge in [-0.3, -0.25) is 10.1 Å². The van der Waals surface area contributed by atoms with Crippen molar-refractivity contribution in [2.45, 2.75) is 6.54 Å². The molecule has 2 rings (SSSR count). The summed E-state index contributed by atoms with van der Waals surface area (Å²) in [5.41, 5.74) is 1.13. The van der Waals surface area contributed by atoms with Crippen LogP contribution < -0.4 is 14.8 Å². The first-order chi connectivity index (χ1) is 11.9. The molecule has 2 aromatic carbocycles. The SMILES string of the molecule is COc1ccc(CN(C)C(=O)Nc2cccc([N+](=O)[O-])c2)cc1OC. The van der Waals surface area contributed by atoms with Gasteiger partial charge in [0.1, 0.15) is 0 Å². The van der Waals surface area contributed by atoms with Crippen LogP contribution in [0.25, 0.3) is 0 Å². The maximum atomic E-state index is 12.3. The molecule has 0 saturated heterocycles. The Morgan fingerprint density at radius 1 is 1.16 bits per heavy atom. The van der Waals surface area contributed by atoms with Crippen LogP contribution in [0.3, 0.4) is 0 Å². The Morgan fingerprint density at radius 2 is 1.88 bits per heavy atom. The number of ether oxygens (including phenoxy) is 2. The van der Waals surface area contributed by atoms with Crippen LogP contribution in [0.4, 0.5) is 16.2 Å². The molecule has 0 unspecified atom stereocenters. The summed E-state index contributed by atoms with van der Waals surface area (Å²) in [7, 11) is 4.72. The molecule has 8 nitrogen and oxygen atoms in total. The van der Waals surface area contributed by atoms with Gasteiger partial charge >= 0.3 is 6.03 Å². The van der Waals surface area contributed by atoms with Crippen LogP contribution in [0.5, 0.6) is 11.5 Å². The van der Waals surface area contributed by atoms with Gasteiger partial charge in [-0.15, -0.1) is 0 Å². The van der Waals surface area contributed by atoms with E-state index in [9.17, 15) is 14.9 Å². The highest BCUT2D eigenvalue weighted by atomic mass is 16.6. The zero-order chi connectivity index (χ0) is 18.4. The smallest absolute Gasteiger partial charge is 0.321 e. The Morgan fingerprint density at radius 3 is 2.52 bits per heavy atom. The van der Waals surface area contributed by atoms with Crippen LogP contribution in [0.2, 0.25) is 0 Å². The fraction of sp³-hybridized carbons (Fsp3) is 0.235. The fourth-order valence-electron chi connectivity index (χ4n) is 2.24. The van der Waals surface area contributed by atoms with Gasteiger partial charge in [0.25, 0.3) is 5.69 Å². The van der Waals surface area contributed by atoms with E-state index in [-0.39, 0.29) is 11.7 Å². The van der Waals surface area contributed by atoms with Crippen molar-refractivity contribution in [1.82, 2.24) is 4.90 Å². The predicted molar refractivity (Wildman–Crippen MR) is 93.1 cm³/mol. The molecule has 0 aliphatic heterocycles. The summed E-state index contributed by atoms with van der Waals surface area (Å²) in [6.07, 6.45) is 0. The number of carbonyl (C=O) groups excluding carboxylic acids is 1. The molecule has 8 heteroatoms. The van der Waals surface area contributed by atoms with Gasteiger partial charge in [0.15, 0.2) is 11.5 Å². The van der Waals surface area contributed by atoms with E-state index < -0.39 is 4.92 Å². The zero-order valence-electron chi connectivity index (χ0n) is 14.2. The van der Waals surface area contributed by atoms with Crippen LogP contribution >= 0.6 is 0 Å². The number of rotatable bonds is 6. The van der Waals surface area contributed by atoms with E-state index in [1.165, 1.54) is 23.1 Å². The molecule has 0 aliphatic rings. The summed E-state index contributed by atoms with van der Waals surface area (Å²) < 4.78 is 10.4. The number of nitro groups is 1. The molecule has 1 N–H and O–H groups in total. The minimum atomic E-state index is -0.511. The molecule has 0 bridgehead atoms. The van der Waals surface area contributed by atoms with Crippen molar-refractivity contribution in [3.05, 3.63) is 58.1 Å². The number of amides is 2. The third-order valence-corrected chi connectivity index (χ3v) is 3.52. The van der Waals surface area contributed by atoms with Gasteiger partial charge in [-0.05, 0) is 23.8 Å².